The van der Waals surface area contributed by atoms with Gasteiger partial charge in [-0.1, -0.05) is 0 Å². The van der Waals surface area contributed by atoms with Gasteiger partial charge in [-0.05, 0) is 32.0 Å². The number of aryl methyl sites for hydroxylation is 1. The third-order valence-electron chi connectivity index (χ3n) is 3.98. The van der Waals surface area contributed by atoms with E-state index in [1.165, 1.54) is 0 Å². The second-order valence-corrected chi connectivity index (χ2v) is 6.53. The van der Waals surface area contributed by atoms with Gasteiger partial charge in [0, 0.05) is 43.0 Å². The highest BCUT2D eigenvalue weighted by atomic mass is 16.5. The quantitative estimate of drug-likeness (QED) is 0.848. The average Bonchev–Trinajstić information content (AvgIpc) is 2.98. The molecule has 1 aromatic carbocycles. The second-order valence-electron chi connectivity index (χ2n) is 6.53. The number of hydrogen-bond donors (Lipinski definition) is 2. The Hall–Kier alpha value is -2.50. The number of carbonyl (C=O) groups excluding carboxylic acids is 1. The largest absolute Gasteiger partial charge is 0.487 e. The fourth-order valence-electron chi connectivity index (χ4n) is 2.92. The minimum Gasteiger partial charge on any atom is -0.487 e. The number of nitrogen functional groups attached to an aromatic ring is 1. The fourth-order valence-corrected chi connectivity index (χ4v) is 2.92. The van der Waals surface area contributed by atoms with Crippen LogP contribution in [0.5, 0.6) is 5.75 Å². The van der Waals surface area contributed by atoms with Gasteiger partial charge in [0.05, 0.1) is 12.4 Å². The molecule has 23 heavy (non-hydrogen) atoms. The number of benzene rings is 1. The molecule has 0 fully saturated rings. The monoisotopic (exact) mass is 314 g/mol. The second kappa shape index (κ2) is 5.95. The minimum absolute atomic E-state index is 0.00905. The van der Waals surface area contributed by atoms with Gasteiger partial charge in [-0.25, -0.2) is 4.98 Å². The van der Waals surface area contributed by atoms with E-state index in [0.29, 0.717) is 25.1 Å². The molecule has 2 heterocycles. The molecular weight excluding hydrogens is 292 g/mol. The van der Waals surface area contributed by atoms with Gasteiger partial charge in [-0.3, -0.25) is 4.79 Å². The molecule has 1 aromatic heterocycles. The van der Waals surface area contributed by atoms with Crippen molar-refractivity contribution in [2.45, 2.75) is 44.9 Å². The number of ether oxygens (including phenoxy) is 1. The maximum absolute atomic E-state index is 12.3. The molecule has 0 aliphatic carbocycles. The van der Waals surface area contributed by atoms with Crippen LogP contribution < -0.4 is 15.8 Å². The van der Waals surface area contributed by atoms with Crippen molar-refractivity contribution >= 4 is 11.6 Å². The Morgan fingerprint density at radius 2 is 2.35 bits per heavy atom. The highest BCUT2D eigenvalue weighted by Gasteiger charge is 2.34. The molecule has 1 aliphatic rings. The third-order valence-corrected chi connectivity index (χ3v) is 3.98. The standard InChI is InChI=1S/C17H22N4O2/c1-17(2)10-14(13-9-12(18)3-4-15(13)23-17)20-16(22)5-7-21-8-6-19-11-21/h3-4,6,8-9,11,14H,5,7,10,18H2,1-2H3,(H,20,22). The van der Waals surface area contributed by atoms with Crippen molar-refractivity contribution in [2.75, 3.05) is 5.73 Å². The van der Waals surface area contributed by atoms with E-state index in [-0.39, 0.29) is 17.6 Å². The van der Waals surface area contributed by atoms with Crippen LogP contribution in [0, 0.1) is 0 Å². The van der Waals surface area contributed by atoms with Crippen molar-refractivity contribution in [1.29, 1.82) is 0 Å². The summed E-state index contributed by atoms with van der Waals surface area (Å²) in [5.74, 6) is 0.796. The Morgan fingerprint density at radius 1 is 1.52 bits per heavy atom. The highest BCUT2D eigenvalue weighted by Crippen LogP contribution is 2.40. The molecule has 122 valence electrons. The molecule has 1 aliphatic heterocycles. The average molecular weight is 314 g/mol. The Morgan fingerprint density at radius 3 is 3.09 bits per heavy atom. The summed E-state index contributed by atoms with van der Waals surface area (Å²) in [6, 6.07) is 5.48. The summed E-state index contributed by atoms with van der Waals surface area (Å²) >= 11 is 0. The predicted molar refractivity (Wildman–Crippen MR) is 87.9 cm³/mol. The smallest absolute Gasteiger partial charge is 0.222 e. The Balaban J connectivity index is 1.71. The van der Waals surface area contributed by atoms with Crippen LogP contribution in [0.3, 0.4) is 0 Å². The van der Waals surface area contributed by atoms with Crippen LogP contribution >= 0.6 is 0 Å². The Bertz CT molecular complexity index is 695. The molecule has 0 spiro atoms. The molecule has 1 amide bonds. The first kappa shape index (κ1) is 15.4. The van der Waals surface area contributed by atoms with E-state index < -0.39 is 0 Å². The zero-order valence-electron chi connectivity index (χ0n) is 13.5. The van der Waals surface area contributed by atoms with Gasteiger partial charge in [0.25, 0.3) is 0 Å². The maximum Gasteiger partial charge on any atom is 0.222 e. The van der Waals surface area contributed by atoms with E-state index in [4.69, 9.17) is 10.5 Å². The van der Waals surface area contributed by atoms with Crippen molar-refractivity contribution in [2.24, 2.45) is 0 Å². The number of carbonyl (C=O) groups is 1. The van der Waals surface area contributed by atoms with Gasteiger partial charge in [0.2, 0.25) is 5.91 Å². The number of rotatable bonds is 4. The molecule has 3 rings (SSSR count). The van der Waals surface area contributed by atoms with Crippen LogP contribution in [0.4, 0.5) is 5.69 Å². The summed E-state index contributed by atoms with van der Waals surface area (Å²) in [7, 11) is 0. The minimum atomic E-state index is -0.328. The van der Waals surface area contributed by atoms with Crippen LogP contribution in [0.2, 0.25) is 0 Å². The summed E-state index contributed by atoms with van der Waals surface area (Å²) < 4.78 is 7.87. The fraction of sp³-hybridized carbons (Fsp3) is 0.412. The topological polar surface area (TPSA) is 82.2 Å². The van der Waals surface area contributed by atoms with Gasteiger partial charge in [-0.2, -0.15) is 0 Å². The lowest BCUT2D eigenvalue weighted by atomic mass is 9.89. The first-order valence-corrected chi connectivity index (χ1v) is 7.76. The summed E-state index contributed by atoms with van der Waals surface area (Å²) in [6.07, 6.45) is 6.38. The number of aromatic nitrogens is 2. The number of fused-ring (bicyclic) bond motifs is 1. The van der Waals surface area contributed by atoms with E-state index in [1.54, 1.807) is 12.5 Å². The Labute approximate surface area is 135 Å². The van der Waals surface area contributed by atoms with Crippen LogP contribution in [0.15, 0.2) is 36.9 Å². The number of nitrogens with one attached hydrogen (secondary N) is 1. The molecular formula is C17H22N4O2. The lowest BCUT2D eigenvalue weighted by Crippen LogP contribution is -2.41. The maximum atomic E-state index is 12.3. The Kier molecular flexibility index (Phi) is 3.98. The molecule has 6 heteroatoms. The van der Waals surface area contributed by atoms with Crippen molar-refractivity contribution in [3.05, 3.63) is 42.5 Å². The molecule has 0 saturated carbocycles. The third kappa shape index (κ3) is 3.64. The zero-order valence-corrected chi connectivity index (χ0v) is 13.5. The normalized spacial score (nSPS) is 18.8. The molecule has 1 unspecified atom stereocenters. The molecule has 0 saturated heterocycles. The number of nitrogens with two attached hydrogens (primary N) is 1. The van der Waals surface area contributed by atoms with Gasteiger partial charge >= 0.3 is 0 Å². The number of nitrogens with zero attached hydrogens (tertiary/aromatic N) is 2. The summed E-state index contributed by atoms with van der Waals surface area (Å²) in [6.45, 7) is 4.66. The van der Waals surface area contributed by atoms with E-state index in [0.717, 1.165) is 11.3 Å². The SMILES string of the molecule is CC1(C)CC(NC(=O)CCn2ccnc2)c2cc(N)ccc2O1. The highest BCUT2D eigenvalue weighted by molar-refractivity contribution is 5.76. The first-order chi connectivity index (χ1) is 10.9. The van der Waals surface area contributed by atoms with Crippen LogP contribution in [0.1, 0.15) is 38.3 Å². The molecule has 3 N–H and O–H groups in total. The summed E-state index contributed by atoms with van der Waals surface area (Å²) in [5, 5.41) is 3.11. The number of hydrogen-bond acceptors (Lipinski definition) is 4. The van der Waals surface area contributed by atoms with E-state index in [9.17, 15) is 4.79 Å². The number of amides is 1. The van der Waals surface area contributed by atoms with Gasteiger partial charge in [0.1, 0.15) is 11.4 Å². The van der Waals surface area contributed by atoms with E-state index in [1.807, 2.05) is 42.8 Å². The number of imidazole rings is 1. The van der Waals surface area contributed by atoms with E-state index >= 15 is 0 Å². The van der Waals surface area contributed by atoms with Crippen LogP contribution in [-0.2, 0) is 11.3 Å². The summed E-state index contributed by atoms with van der Waals surface area (Å²) in [5.41, 5.74) is 7.17. The first-order valence-electron chi connectivity index (χ1n) is 7.76. The molecule has 0 bridgehead atoms. The van der Waals surface area contributed by atoms with E-state index in [2.05, 4.69) is 10.3 Å². The van der Waals surface area contributed by atoms with Crippen molar-refractivity contribution < 1.29 is 9.53 Å². The number of anilines is 1. The van der Waals surface area contributed by atoms with Crippen LogP contribution in [0.25, 0.3) is 0 Å². The zero-order chi connectivity index (χ0) is 16.4. The lowest BCUT2D eigenvalue weighted by Gasteiger charge is -2.38. The molecule has 0 radical (unpaired) electrons. The van der Waals surface area contributed by atoms with Gasteiger partial charge < -0.3 is 20.4 Å². The van der Waals surface area contributed by atoms with Gasteiger partial charge in [-0.15, -0.1) is 0 Å². The van der Waals surface area contributed by atoms with Crippen molar-refractivity contribution in [3.63, 3.8) is 0 Å². The lowest BCUT2D eigenvalue weighted by molar-refractivity contribution is -0.122. The molecule has 2 aromatic rings. The predicted octanol–water partition coefficient (Wildman–Crippen LogP) is 2.27. The van der Waals surface area contributed by atoms with Crippen molar-refractivity contribution in [1.82, 2.24) is 14.9 Å². The van der Waals surface area contributed by atoms with Gasteiger partial charge in [0.15, 0.2) is 0 Å². The van der Waals surface area contributed by atoms with Crippen LogP contribution in [-0.4, -0.2) is 21.1 Å². The van der Waals surface area contributed by atoms with Crippen molar-refractivity contribution in [3.8, 4) is 5.75 Å². The molecule has 6 nitrogen and oxygen atoms in total. The molecule has 1 atom stereocenters. The summed E-state index contributed by atoms with van der Waals surface area (Å²) in [4.78, 5) is 16.3.